The summed E-state index contributed by atoms with van der Waals surface area (Å²) >= 11 is 0. The monoisotopic (exact) mass is 320 g/mol. The number of hydrogen-bond donors (Lipinski definition) is 1. The molecule has 0 radical (unpaired) electrons. The maximum absolute atomic E-state index is 6.06. The van der Waals surface area contributed by atoms with Crippen LogP contribution >= 0.6 is 0 Å². The van der Waals surface area contributed by atoms with Crippen molar-refractivity contribution in [2.75, 3.05) is 6.61 Å². The molecule has 3 heterocycles. The fourth-order valence-electron chi connectivity index (χ4n) is 3.60. The highest BCUT2D eigenvalue weighted by Crippen LogP contribution is 2.37. The number of aromatic amines is 1. The molecule has 1 unspecified atom stereocenters. The number of ether oxygens (including phenoxy) is 1. The summed E-state index contributed by atoms with van der Waals surface area (Å²) in [6, 6.07) is 13.0. The molecular weight excluding hydrogens is 300 g/mol. The molecule has 5 nitrogen and oxygen atoms in total. The molecule has 24 heavy (non-hydrogen) atoms. The number of nitrogens with one attached hydrogen (secondary N) is 1. The van der Waals surface area contributed by atoms with Gasteiger partial charge in [0.15, 0.2) is 11.6 Å². The van der Waals surface area contributed by atoms with Gasteiger partial charge in [0.05, 0.1) is 18.3 Å². The summed E-state index contributed by atoms with van der Waals surface area (Å²) in [5.74, 6) is 1.70. The topological polar surface area (TPSA) is 55.7 Å². The Morgan fingerprint density at radius 1 is 1.12 bits per heavy atom. The second-order valence-corrected chi connectivity index (χ2v) is 6.61. The first-order chi connectivity index (χ1) is 11.9. The molecule has 1 N–H and O–H groups in total. The number of aromatic nitrogens is 4. The van der Waals surface area contributed by atoms with E-state index in [4.69, 9.17) is 14.8 Å². The molecule has 0 spiro atoms. The van der Waals surface area contributed by atoms with Crippen LogP contribution in [-0.2, 0) is 11.2 Å². The minimum atomic E-state index is -0.162. The minimum Gasteiger partial charge on any atom is -0.365 e. The third kappa shape index (κ3) is 2.19. The molecule has 2 aromatic heterocycles. The predicted molar refractivity (Wildman–Crippen MR) is 90.6 cm³/mol. The molecule has 1 saturated carbocycles. The maximum atomic E-state index is 6.06. The van der Waals surface area contributed by atoms with Crippen molar-refractivity contribution in [2.24, 2.45) is 0 Å². The van der Waals surface area contributed by atoms with Gasteiger partial charge in [-0.05, 0) is 48.9 Å². The molecule has 5 rings (SSSR count). The summed E-state index contributed by atoms with van der Waals surface area (Å²) in [6.45, 7) is 0.720. The first-order valence-corrected chi connectivity index (χ1v) is 8.70. The van der Waals surface area contributed by atoms with Crippen molar-refractivity contribution < 1.29 is 4.74 Å². The first-order valence-electron chi connectivity index (χ1n) is 8.70. The predicted octanol–water partition coefficient (Wildman–Crippen LogP) is 3.66. The minimum absolute atomic E-state index is 0.162. The van der Waals surface area contributed by atoms with Gasteiger partial charge in [0.2, 0.25) is 0 Å². The van der Waals surface area contributed by atoms with E-state index in [1.54, 1.807) is 0 Å². The maximum Gasteiger partial charge on any atom is 0.184 e. The normalized spacial score (nSPS) is 20.6. The standard InChI is InChI=1S/C19H20N4O/c1-2-8-15-13(5-1)10-12-24-17(15)18-21-19(16-9-4-11-20-16)23(22-18)14-6-3-7-14/h1-2,4-5,8-9,11,14,17,20H,3,6-7,10,12H2. The van der Waals surface area contributed by atoms with Gasteiger partial charge >= 0.3 is 0 Å². The van der Waals surface area contributed by atoms with E-state index >= 15 is 0 Å². The number of H-pyrrole nitrogens is 1. The highest BCUT2D eigenvalue weighted by molar-refractivity contribution is 5.50. The molecule has 1 aliphatic heterocycles. The van der Waals surface area contributed by atoms with E-state index in [0.29, 0.717) is 6.04 Å². The number of benzene rings is 1. The van der Waals surface area contributed by atoms with Crippen LogP contribution in [-0.4, -0.2) is 26.4 Å². The molecule has 3 aromatic rings. The zero-order chi connectivity index (χ0) is 15.9. The molecule has 0 amide bonds. The molecule has 5 heteroatoms. The fraction of sp³-hybridized carbons (Fsp3) is 0.368. The molecular formula is C19H20N4O. The molecule has 1 aliphatic carbocycles. The molecule has 1 aromatic carbocycles. The van der Waals surface area contributed by atoms with E-state index in [-0.39, 0.29) is 6.10 Å². The second kappa shape index (κ2) is 5.60. The number of hydrogen-bond acceptors (Lipinski definition) is 3. The lowest BCUT2D eigenvalue weighted by Crippen LogP contribution is -2.21. The van der Waals surface area contributed by atoms with E-state index in [1.165, 1.54) is 30.4 Å². The van der Waals surface area contributed by atoms with Gasteiger partial charge in [0.25, 0.3) is 0 Å². The smallest absolute Gasteiger partial charge is 0.184 e. The number of rotatable bonds is 3. The van der Waals surface area contributed by atoms with E-state index < -0.39 is 0 Å². The van der Waals surface area contributed by atoms with Crippen LogP contribution in [0.15, 0.2) is 42.6 Å². The average molecular weight is 320 g/mol. The largest absolute Gasteiger partial charge is 0.365 e. The van der Waals surface area contributed by atoms with Crippen molar-refractivity contribution in [1.29, 1.82) is 0 Å². The van der Waals surface area contributed by atoms with Crippen molar-refractivity contribution in [3.63, 3.8) is 0 Å². The van der Waals surface area contributed by atoms with Crippen molar-refractivity contribution in [3.05, 3.63) is 59.5 Å². The van der Waals surface area contributed by atoms with E-state index in [0.717, 1.165) is 30.4 Å². The zero-order valence-corrected chi connectivity index (χ0v) is 13.5. The van der Waals surface area contributed by atoms with Gasteiger partial charge in [-0.15, -0.1) is 0 Å². The van der Waals surface area contributed by atoms with Crippen LogP contribution in [0.1, 0.15) is 48.4 Å². The summed E-state index contributed by atoms with van der Waals surface area (Å²) in [6.07, 6.45) is 6.36. The second-order valence-electron chi connectivity index (χ2n) is 6.61. The Bertz CT molecular complexity index is 848. The Morgan fingerprint density at radius 2 is 2.04 bits per heavy atom. The highest BCUT2D eigenvalue weighted by Gasteiger charge is 2.30. The molecule has 122 valence electrons. The summed E-state index contributed by atoms with van der Waals surface area (Å²) in [5, 5.41) is 4.87. The third-order valence-electron chi connectivity index (χ3n) is 5.14. The zero-order valence-electron chi connectivity index (χ0n) is 13.5. The lowest BCUT2D eigenvalue weighted by Gasteiger charge is -2.27. The Morgan fingerprint density at radius 3 is 2.83 bits per heavy atom. The Labute approximate surface area is 140 Å². The van der Waals surface area contributed by atoms with Crippen LogP contribution in [0.4, 0.5) is 0 Å². The summed E-state index contributed by atoms with van der Waals surface area (Å²) in [7, 11) is 0. The SMILES string of the molecule is c1c[nH]c(-c2nc(C3OCCc4ccccc43)nn2C2CCC2)c1. The van der Waals surface area contributed by atoms with E-state index in [2.05, 4.69) is 40.0 Å². The number of nitrogens with zero attached hydrogens (tertiary/aromatic N) is 3. The highest BCUT2D eigenvalue weighted by atomic mass is 16.5. The van der Waals surface area contributed by atoms with Gasteiger partial charge in [-0.2, -0.15) is 5.10 Å². The van der Waals surface area contributed by atoms with Gasteiger partial charge in [0, 0.05) is 6.20 Å². The van der Waals surface area contributed by atoms with Crippen molar-refractivity contribution in [2.45, 2.75) is 37.8 Å². The van der Waals surface area contributed by atoms with Gasteiger partial charge in [-0.1, -0.05) is 24.3 Å². The van der Waals surface area contributed by atoms with Crippen LogP contribution in [0.25, 0.3) is 11.5 Å². The quantitative estimate of drug-likeness (QED) is 0.801. The lowest BCUT2D eigenvalue weighted by atomic mass is 9.93. The Balaban J connectivity index is 1.60. The average Bonchev–Trinajstić information content (AvgIpc) is 3.22. The van der Waals surface area contributed by atoms with Crippen LogP contribution in [0, 0.1) is 0 Å². The van der Waals surface area contributed by atoms with Gasteiger partial charge in [0.1, 0.15) is 6.10 Å². The molecule has 1 atom stereocenters. The summed E-state index contributed by atoms with van der Waals surface area (Å²) < 4.78 is 8.16. The molecule has 0 bridgehead atoms. The fourth-order valence-corrected chi connectivity index (χ4v) is 3.60. The third-order valence-corrected chi connectivity index (χ3v) is 5.14. The van der Waals surface area contributed by atoms with E-state index in [1.807, 2.05) is 12.3 Å². The van der Waals surface area contributed by atoms with Crippen LogP contribution in [0.5, 0.6) is 0 Å². The Hall–Kier alpha value is -2.40. The molecule has 2 aliphatic rings. The van der Waals surface area contributed by atoms with Crippen LogP contribution in [0.3, 0.4) is 0 Å². The molecule has 1 fully saturated rings. The van der Waals surface area contributed by atoms with Crippen molar-refractivity contribution in [1.82, 2.24) is 19.7 Å². The lowest BCUT2D eigenvalue weighted by molar-refractivity contribution is 0.0636. The van der Waals surface area contributed by atoms with E-state index in [9.17, 15) is 0 Å². The van der Waals surface area contributed by atoms with Crippen molar-refractivity contribution in [3.8, 4) is 11.5 Å². The first kappa shape index (κ1) is 14.0. The van der Waals surface area contributed by atoms with Crippen LogP contribution in [0.2, 0.25) is 0 Å². The molecule has 0 saturated heterocycles. The van der Waals surface area contributed by atoms with Crippen molar-refractivity contribution >= 4 is 0 Å². The summed E-state index contributed by atoms with van der Waals surface area (Å²) in [5.41, 5.74) is 3.56. The Kier molecular flexibility index (Phi) is 3.26. The van der Waals surface area contributed by atoms with Gasteiger partial charge < -0.3 is 9.72 Å². The van der Waals surface area contributed by atoms with Crippen LogP contribution < -0.4 is 0 Å². The van der Waals surface area contributed by atoms with Gasteiger partial charge in [-0.25, -0.2) is 9.67 Å². The summed E-state index contributed by atoms with van der Waals surface area (Å²) in [4.78, 5) is 8.14. The van der Waals surface area contributed by atoms with Gasteiger partial charge in [-0.3, -0.25) is 0 Å². The number of fused-ring (bicyclic) bond motifs is 1.